The van der Waals surface area contributed by atoms with E-state index in [0.29, 0.717) is 25.5 Å². The van der Waals surface area contributed by atoms with Crippen molar-refractivity contribution in [1.29, 1.82) is 0 Å². The maximum atomic E-state index is 12.5. The molecule has 6 heteroatoms. The van der Waals surface area contributed by atoms with Crippen LogP contribution >= 0.6 is 11.3 Å². The summed E-state index contributed by atoms with van der Waals surface area (Å²) in [6.45, 7) is 9.06. The van der Waals surface area contributed by atoms with E-state index in [0.717, 1.165) is 22.0 Å². The first-order valence-electron chi connectivity index (χ1n) is 8.64. The number of furan rings is 1. The molecule has 0 spiro atoms. The minimum Gasteiger partial charge on any atom is -0.486 e. The Morgan fingerprint density at radius 1 is 1.33 bits per heavy atom. The average molecular weight is 382 g/mol. The molecule has 3 rings (SSSR count). The van der Waals surface area contributed by atoms with Gasteiger partial charge in [0.05, 0.1) is 18.5 Å². The molecule has 1 aromatic carbocycles. The van der Waals surface area contributed by atoms with Crippen molar-refractivity contribution in [1.82, 2.24) is 9.88 Å². The lowest BCUT2D eigenvalue weighted by Gasteiger charge is -2.18. The second-order valence-corrected chi connectivity index (χ2v) is 7.11. The number of nitrogens with zero attached hydrogens (tertiary/aromatic N) is 2. The molecule has 2 heterocycles. The Kier molecular flexibility index (Phi) is 6.08. The molecule has 3 aromatic rings. The first kappa shape index (κ1) is 18.9. The van der Waals surface area contributed by atoms with Gasteiger partial charge < -0.3 is 14.1 Å². The van der Waals surface area contributed by atoms with Gasteiger partial charge in [-0.05, 0) is 43.2 Å². The Bertz CT molecular complexity index is 915. The van der Waals surface area contributed by atoms with Crippen molar-refractivity contribution in [2.24, 2.45) is 0 Å². The smallest absolute Gasteiger partial charge is 0.290 e. The summed E-state index contributed by atoms with van der Waals surface area (Å²) in [5.74, 6) is 1.000. The van der Waals surface area contributed by atoms with E-state index in [1.54, 1.807) is 23.1 Å². The van der Waals surface area contributed by atoms with Crippen LogP contribution in [0, 0.1) is 13.8 Å². The van der Waals surface area contributed by atoms with Crippen molar-refractivity contribution in [2.45, 2.75) is 27.0 Å². The molecule has 0 N–H and O–H groups in total. The first-order chi connectivity index (χ1) is 13.1. The highest BCUT2D eigenvalue weighted by atomic mass is 32.1. The van der Waals surface area contributed by atoms with Gasteiger partial charge >= 0.3 is 0 Å². The van der Waals surface area contributed by atoms with E-state index in [2.05, 4.69) is 24.6 Å². The number of ether oxygens (including phenoxy) is 1. The van der Waals surface area contributed by atoms with Gasteiger partial charge in [0.1, 0.15) is 17.4 Å². The number of aromatic nitrogens is 1. The number of rotatable bonds is 8. The lowest BCUT2D eigenvalue weighted by atomic mass is 10.1. The van der Waals surface area contributed by atoms with Crippen molar-refractivity contribution in [3.05, 3.63) is 82.2 Å². The molecular weight excluding hydrogens is 360 g/mol. The molecule has 0 saturated heterocycles. The maximum absolute atomic E-state index is 12.5. The second-order valence-electron chi connectivity index (χ2n) is 6.17. The van der Waals surface area contributed by atoms with Crippen LogP contribution in [-0.2, 0) is 13.2 Å². The van der Waals surface area contributed by atoms with Crippen LogP contribution in [0.25, 0.3) is 0 Å². The van der Waals surface area contributed by atoms with E-state index in [4.69, 9.17) is 9.15 Å². The minimum absolute atomic E-state index is 0.180. The molecule has 1 amide bonds. The van der Waals surface area contributed by atoms with Crippen molar-refractivity contribution < 1.29 is 13.9 Å². The highest BCUT2D eigenvalue weighted by molar-refractivity contribution is 7.09. The normalized spacial score (nSPS) is 10.6. The van der Waals surface area contributed by atoms with Gasteiger partial charge in [0.15, 0.2) is 5.76 Å². The molecule has 0 saturated carbocycles. The van der Waals surface area contributed by atoms with Crippen LogP contribution in [0.4, 0.5) is 0 Å². The topological polar surface area (TPSA) is 55.6 Å². The van der Waals surface area contributed by atoms with E-state index >= 15 is 0 Å². The van der Waals surface area contributed by atoms with E-state index in [9.17, 15) is 4.79 Å². The predicted octanol–water partition coefficient (Wildman–Crippen LogP) is 4.76. The summed E-state index contributed by atoms with van der Waals surface area (Å²) < 4.78 is 11.1. The Balaban J connectivity index is 1.64. The summed E-state index contributed by atoms with van der Waals surface area (Å²) in [5, 5.41) is 2.82. The second kappa shape index (κ2) is 8.68. The third-order valence-corrected chi connectivity index (χ3v) is 5.10. The predicted molar refractivity (Wildman–Crippen MR) is 106 cm³/mol. The number of carbonyl (C=O) groups excluding carboxylic acids is 1. The van der Waals surface area contributed by atoms with Crippen LogP contribution in [0.2, 0.25) is 0 Å². The van der Waals surface area contributed by atoms with Gasteiger partial charge in [-0.1, -0.05) is 18.2 Å². The van der Waals surface area contributed by atoms with E-state index in [-0.39, 0.29) is 5.91 Å². The molecule has 0 bridgehead atoms. The lowest BCUT2D eigenvalue weighted by molar-refractivity contribution is 0.0729. The molecule has 5 nitrogen and oxygen atoms in total. The Hall–Kier alpha value is -2.86. The van der Waals surface area contributed by atoms with Gasteiger partial charge in [-0.3, -0.25) is 4.79 Å². The van der Waals surface area contributed by atoms with E-state index < -0.39 is 0 Å². The number of benzene rings is 1. The number of carbonyl (C=O) groups is 1. The molecule has 2 aromatic heterocycles. The number of hydrogen-bond donors (Lipinski definition) is 0. The molecule has 0 fully saturated rings. The third kappa shape index (κ3) is 4.65. The SMILES string of the molecule is C=CCN(Cc1csc(COc2cccc(C)c2C)n1)C(=O)c1ccco1. The maximum Gasteiger partial charge on any atom is 0.290 e. The van der Waals surface area contributed by atoms with Gasteiger partial charge in [-0.15, -0.1) is 17.9 Å². The van der Waals surface area contributed by atoms with Crippen LogP contribution in [-0.4, -0.2) is 22.3 Å². The zero-order chi connectivity index (χ0) is 19.2. The molecule has 0 radical (unpaired) electrons. The van der Waals surface area contributed by atoms with E-state index in [1.807, 2.05) is 24.4 Å². The molecule has 140 valence electrons. The molecular formula is C21H22N2O3S. The fraction of sp³-hybridized carbons (Fsp3) is 0.238. The summed E-state index contributed by atoms with van der Waals surface area (Å²) in [6, 6.07) is 9.37. The van der Waals surface area contributed by atoms with Crippen molar-refractivity contribution in [2.75, 3.05) is 6.54 Å². The van der Waals surface area contributed by atoms with Gasteiger partial charge in [0.2, 0.25) is 0 Å². The third-order valence-electron chi connectivity index (χ3n) is 4.23. The summed E-state index contributed by atoms with van der Waals surface area (Å²) in [7, 11) is 0. The van der Waals surface area contributed by atoms with Crippen LogP contribution in [0.5, 0.6) is 5.75 Å². The lowest BCUT2D eigenvalue weighted by Crippen LogP contribution is -2.30. The zero-order valence-corrected chi connectivity index (χ0v) is 16.3. The number of aryl methyl sites for hydroxylation is 1. The first-order valence-corrected chi connectivity index (χ1v) is 9.52. The highest BCUT2D eigenvalue weighted by Gasteiger charge is 2.18. The Morgan fingerprint density at radius 3 is 2.93 bits per heavy atom. The Labute approximate surface area is 162 Å². The summed E-state index contributed by atoms with van der Waals surface area (Å²) in [4.78, 5) is 18.8. The average Bonchev–Trinajstić information content (AvgIpc) is 3.34. The molecule has 0 aliphatic rings. The minimum atomic E-state index is -0.180. The molecule has 0 atom stereocenters. The van der Waals surface area contributed by atoms with Crippen LogP contribution in [0.15, 0.2) is 59.0 Å². The molecule has 0 aliphatic carbocycles. The van der Waals surface area contributed by atoms with Gasteiger partial charge in [-0.2, -0.15) is 0 Å². The van der Waals surface area contributed by atoms with Crippen LogP contribution < -0.4 is 4.74 Å². The molecule has 27 heavy (non-hydrogen) atoms. The quantitative estimate of drug-likeness (QED) is 0.527. The largest absolute Gasteiger partial charge is 0.486 e. The standard InChI is InChI=1S/C21H22N2O3S/c1-4-10-23(21(24)19-9-6-11-25-19)12-17-14-27-20(22-17)13-26-18-8-5-7-15(2)16(18)3/h4-9,11,14H,1,10,12-13H2,2-3H3. The number of amides is 1. The monoisotopic (exact) mass is 382 g/mol. The Morgan fingerprint density at radius 2 is 2.19 bits per heavy atom. The van der Waals surface area contributed by atoms with Crippen LogP contribution in [0.3, 0.4) is 0 Å². The fourth-order valence-electron chi connectivity index (χ4n) is 2.63. The van der Waals surface area contributed by atoms with Gasteiger partial charge in [0.25, 0.3) is 5.91 Å². The van der Waals surface area contributed by atoms with E-state index in [1.165, 1.54) is 23.2 Å². The van der Waals surface area contributed by atoms with Crippen molar-refractivity contribution in [3.8, 4) is 5.75 Å². The zero-order valence-electron chi connectivity index (χ0n) is 15.5. The van der Waals surface area contributed by atoms with Gasteiger partial charge in [-0.25, -0.2) is 4.98 Å². The summed E-state index contributed by atoms with van der Waals surface area (Å²) in [6.07, 6.45) is 3.18. The van der Waals surface area contributed by atoms with Gasteiger partial charge in [0, 0.05) is 11.9 Å². The number of thiazole rings is 1. The highest BCUT2D eigenvalue weighted by Crippen LogP contribution is 2.22. The number of hydrogen-bond acceptors (Lipinski definition) is 5. The molecule has 0 unspecified atom stereocenters. The van der Waals surface area contributed by atoms with Crippen molar-refractivity contribution >= 4 is 17.2 Å². The molecule has 0 aliphatic heterocycles. The van der Waals surface area contributed by atoms with Crippen LogP contribution in [0.1, 0.15) is 32.4 Å². The summed E-state index contributed by atoms with van der Waals surface area (Å²) in [5.41, 5.74) is 3.15. The fourth-order valence-corrected chi connectivity index (χ4v) is 3.33. The summed E-state index contributed by atoms with van der Waals surface area (Å²) >= 11 is 1.52. The van der Waals surface area contributed by atoms with Crippen molar-refractivity contribution in [3.63, 3.8) is 0 Å².